The minimum atomic E-state index is -1.41. The van der Waals surface area contributed by atoms with Gasteiger partial charge in [-0.1, -0.05) is 4.98 Å². The predicted octanol–water partition coefficient (Wildman–Crippen LogP) is -0.268. The molecule has 1 aromatic rings. The van der Waals surface area contributed by atoms with Crippen molar-refractivity contribution >= 4 is 5.95 Å². The van der Waals surface area contributed by atoms with Crippen molar-refractivity contribution in [2.45, 2.75) is 6.54 Å². The van der Waals surface area contributed by atoms with Gasteiger partial charge in [0.2, 0.25) is 0 Å². The standard InChI is InChI=1S/C8H12FN3O4/c9-3-8(5-13,6-14)4-11-2-1-10-7(11)12(15)16/h1-2,13-14H,3-6H2/i9-1. The number of hydrogen-bond acceptors (Lipinski definition) is 5. The van der Waals surface area contributed by atoms with Gasteiger partial charge in [0.1, 0.15) is 19.1 Å². The molecule has 2 N–H and O–H groups in total. The summed E-state index contributed by atoms with van der Waals surface area (Å²) in [5, 5.41) is 28.5. The number of alkyl halides is 1. The largest absolute Gasteiger partial charge is 0.434 e. The van der Waals surface area contributed by atoms with Crippen LogP contribution in [0.15, 0.2) is 12.4 Å². The molecule has 0 aliphatic carbocycles. The minimum absolute atomic E-state index is 0.202. The van der Waals surface area contributed by atoms with Crippen LogP contribution in [0.5, 0.6) is 0 Å². The van der Waals surface area contributed by atoms with E-state index in [1.165, 1.54) is 12.4 Å². The molecule has 16 heavy (non-hydrogen) atoms. The number of nitro groups is 1. The zero-order valence-electron chi connectivity index (χ0n) is 8.41. The van der Waals surface area contributed by atoms with Crippen molar-refractivity contribution in [1.29, 1.82) is 0 Å². The predicted molar refractivity (Wildman–Crippen MR) is 51.5 cm³/mol. The van der Waals surface area contributed by atoms with Gasteiger partial charge in [-0.2, -0.15) is 0 Å². The summed E-state index contributed by atoms with van der Waals surface area (Å²) < 4.78 is 13.8. The van der Waals surface area contributed by atoms with Crippen LogP contribution in [0.3, 0.4) is 0 Å². The zero-order chi connectivity index (χ0) is 12.2. The van der Waals surface area contributed by atoms with E-state index in [0.717, 1.165) is 4.57 Å². The van der Waals surface area contributed by atoms with Gasteiger partial charge < -0.3 is 20.3 Å². The number of imidazole rings is 1. The first-order valence-corrected chi connectivity index (χ1v) is 4.52. The summed E-state index contributed by atoms with van der Waals surface area (Å²) in [4.78, 5) is 13.3. The Kier molecular flexibility index (Phi) is 3.91. The first kappa shape index (κ1) is 12.5. The number of aliphatic hydroxyl groups excluding tert-OH is 2. The van der Waals surface area contributed by atoms with E-state index in [9.17, 15) is 14.5 Å². The van der Waals surface area contributed by atoms with Crippen molar-refractivity contribution in [2.75, 3.05) is 19.9 Å². The molecule has 0 atom stereocenters. The fraction of sp³-hybridized carbons (Fsp3) is 0.625. The van der Waals surface area contributed by atoms with E-state index >= 15 is 0 Å². The zero-order valence-corrected chi connectivity index (χ0v) is 8.41. The lowest BCUT2D eigenvalue weighted by atomic mass is 9.92. The summed E-state index contributed by atoms with van der Waals surface area (Å²) in [6.45, 7) is -2.38. The first-order chi connectivity index (χ1) is 7.58. The van der Waals surface area contributed by atoms with Crippen LogP contribution in [0, 0.1) is 15.5 Å². The van der Waals surface area contributed by atoms with Crippen molar-refractivity contribution in [1.82, 2.24) is 9.55 Å². The van der Waals surface area contributed by atoms with Gasteiger partial charge >= 0.3 is 5.95 Å². The highest BCUT2D eigenvalue weighted by molar-refractivity contribution is 5.07. The van der Waals surface area contributed by atoms with Gasteiger partial charge in [-0.25, -0.2) is 4.57 Å². The third kappa shape index (κ3) is 2.34. The van der Waals surface area contributed by atoms with Gasteiger partial charge in [-0.15, -0.1) is 0 Å². The molecular formula is C8H12FN3O4. The topological polar surface area (TPSA) is 101 Å². The summed E-state index contributed by atoms with van der Waals surface area (Å²) in [6.07, 6.45) is 2.50. The molecule has 0 saturated heterocycles. The lowest BCUT2D eigenvalue weighted by Crippen LogP contribution is -2.37. The third-order valence-corrected chi connectivity index (χ3v) is 2.32. The molecule has 0 bridgehead atoms. The molecule has 0 aromatic carbocycles. The normalized spacial score (nSPS) is 11.7. The van der Waals surface area contributed by atoms with E-state index in [1.54, 1.807) is 0 Å². The van der Waals surface area contributed by atoms with E-state index < -0.39 is 36.2 Å². The molecule has 8 heteroatoms. The number of hydrogen-bond donors (Lipinski definition) is 2. The molecule has 0 unspecified atom stereocenters. The van der Waals surface area contributed by atoms with E-state index in [2.05, 4.69) is 4.98 Å². The van der Waals surface area contributed by atoms with Crippen LogP contribution in [-0.4, -0.2) is 44.6 Å². The Labute approximate surface area is 90.3 Å². The average Bonchev–Trinajstić information content (AvgIpc) is 2.74. The maximum absolute atomic E-state index is 12.7. The van der Waals surface area contributed by atoms with Gasteiger partial charge in [0.15, 0.2) is 0 Å². The highest BCUT2D eigenvalue weighted by Gasteiger charge is 2.33. The van der Waals surface area contributed by atoms with E-state index in [0.29, 0.717) is 0 Å². The Hall–Kier alpha value is -1.54. The number of rotatable bonds is 6. The molecule has 0 spiro atoms. The molecule has 7 nitrogen and oxygen atoms in total. The van der Waals surface area contributed by atoms with Crippen molar-refractivity contribution in [3.63, 3.8) is 0 Å². The summed E-state index contributed by atoms with van der Waals surface area (Å²) >= 11 is 0. The number of halogens is 1. The van der Waals surface area contributed by atoms with Crippen LogP contribution in [0.1, 0.15) is 0 Å². The van der Waals surface area contributed by atoms with Gasteiger partial charge in [0, 0.05) is 0 Å². The summed E-state index contributed by atoms with van der Waals surface area (Å²) in [5.41, 5.74) is -1.41. The second kappa shape index (κ2) is 4.99. The fourth-order valence-electron chi connectivity index (χ4n) is 1.23. The van der Waals surface area contributed by atoms with Crippen LogP contribution in [0.25, 0.3) is 0 Å². The van der Waals surface area contributed by atoms with Crippen LogP contribution in [-0.2, 0) is 6.54 Å². The summed E-state index contributed by atoms with van der Waals surface area (Å²) in [6, 6.07) is 0. The molecule has 0 aliphatic rings. The maximum Gasteiger partial charge on any atom is 0.434 e. The van der Waals surface area contributed by atoms with E-state index in [4.69, 9.17) is 10.2 Å². The summed E-state index contributed by atoms with van der Waals surface area (Å²) in [5.74, 6) is -0.445. The van der Waals surface area contributed by atoms with E-state index in [1.807, 2.05) is 0 Å². The van der Waals surface area contributed by atoms with Crippen molar-refractivity contribution in [3.05, 3.63) is 22.5 Å². The van der Waals surface area contributed by atoms with Crippen LogP contribution in [0.4, 0.5) is 10.3 Å². The Bertz CT molecular complexity index is 356. The molecule has 0 radical (unpaired) electrons. The SMILES string of the molecule is O=[N+]([O-])c1nccn1CC(CO)(CO)C[18F]. The maximum atomic E-state index is 12.7. The van der Waals surface area contributed by atoms with Crippen molar-refractivity contribution in [2.24, 2.45) is 5.41 Å². The highest BCUT2D eigenvalue weighted by atomic mass is 18.2. The molecule has 0 saturated carbocycles. The molecule has 1 rings (SSSR count). The molecule has 0 fully saturated rings. The molecular weight excluding hydrogens is 220 g/mol. The number of aliphatic hydroxyl groups is 2. The molecule has 1 aromatic heterocycles. The lowest BCUT2D eigenvalue weighted by Gasteiger charge is -2.24. The minimum Gasteiger partial charge on any atom is -0.395 e. The van der Waals surface area contributed by atoms with Crippen molar-refractivity contribution in [3.8, 4) is 0 Å². The smallest absolute Gasteiger partial charge is 0.395 e. The van der Waals surface area contributed by atoms with Gasteiger partial charge in [-0.3, -0.25) is 4.39 Å². The molecule has 1 heterocycles. The van der Waals surface area contributed by atoms with Gasteiger partial charge in [-0.05, 0) is 4.92 Å². The molecule has 0 aliphatic heterocycles. The Balaban J connectivity index is 2.93. The van der Waals surface area contributed by atoms with E-state index in [-0.39, 0.29) is 6.54 Å². The van der Waals surface area contributed by atoms with Crippen LogP contribution >= 0.6 is 0 Å². The molecule has 0 amide bonds. The van der Waals surface area contributed by atoms with Crippen LogP contribution < -0.4 is 0 Å². The van der Waals surface area contributed by atoms with Crippen LogP contribution in [0.2, 0.25) is 0 Å². The Morgan fingerprint density at radius 2 is 2.19 bits per heavy atom. The monoisotopic (exact) mass is 232 g/mol. The fourth-order valence-corrected chi connectivity index (χ4v) is 1.23. The second-order valence-corrected chi connectivity index (χ2v) is 3.56. The van der Waals surface area contributed by atoms with Gasteiger partial charge in [0.05, 0.1) is 25.2 Å². The van der Waals surface area contributed by atoms with Crippen molar-refractivity contribution < 1.29 is 19.5 Å². The number of aromatic nitrogens is 2. The first-order valence-electron chi connectivity index (χ1n) is 4.52. The lowest BCUT2D eigenvalue weighted by molar-refractivity contribution is -0.397. The van der Waals surface area contributed by atoms with Gasteiger partial charge in [0.25, 0.3) is 0 Å². The Morgan fingerprint density at radius 1 is 1.56 bits per heavy atom. The average molecular weight is 232 g/mol. The summed E-state index contributed by atoms with van der Waals surface area (Å²) in [7, 11) is 0. The Morgan fingerprint density at radius 3 is 2.62 bits per heavy atom. The third-order valence-electron chi connectivity index (χ3n) is 2.32. The highest BCUT2D eigenvalue weighted by Crippen LogP contribution is 2.22. The number of nitrogens with zero attached hydrogens (tertiary/aromatic N) is 3. The molecule has 90 valence electrons. The quantitative estimate of drug-likeness (QED) is 0.519. The second-order valence-electron chi connectivity index (χ2n) is 3.56.